The summed E-state index contributed by atoms with van der Waals surface area (Å²) >= 11 is 1.50. The van der Waals surface area contributed by atoms with Crippen LogP contribution in [0.5, 0.6) is 5.75 Å². The molecule has 0 saturated carbocycles. The highest BCUT2D eigenvalue weighted by Gasteiger charge is 2.21. The number of anilines is 1. The molecule has 0 aliphatic heterocycles. The van der Waals surface area contributed by atoms with Gasteiger partial charge >= 0.3 is 0 Å². The monoisotopic (exact) mass is 442 g/mol. The van der Waals surface area contributed by atoms with E-state index in [-0.39, 0.29) is 5.91 Å². The van der Waals surface area contributed by atoms with Crippen LogP contribution in [-0.2, 0) is 6.54 Å². The van der Waals surface area contributed by atoms with E-state index in [1.807, 2.05) is 71.4 Å². The Balaban J connectivity index is 1.48. The lowest BCUT2D eigenvalue weighted by molar-refractivity contribution is 0.0986. The third kappa shape index (κ3) is 4.07. The quantitative estimate of drug-likeness (QED) is 0.339. The van der Waals surface area contributed by atoms with Crippen molar-refractivity contribution in [1.82, 2.24) is 14.5 Å². The van der Waals surface area contributed by atoms with Crippen molar-refractivity contribution in [3.05, 3.63) is 84.9 Å². The molecule has 6 nitrogen and oxygen atoms in total. The Labute approximate surface area is 189 Å². The molecule has 32 heavy (non-hydrogen) atoms. The van der Waals surface area contributed by atoms with Crippen LogP contribution in [0, 0.1) is 0 Å². The van der Waals surface area contributed by atoms with Crippen molar-refractivity contribution in [3.8, 4) is 5.75 Å². The van der Waals surface area contributed by atoms with E-state index in [1.165, 1.54) is 11.3 Å². The van der Waals surface area contributed by atoms with Crippen molar-refractivity contribution in [2.24, 2.45) is 0 Å². The number of carbonyl (C=O) groups is 1. The van der Waals surface area contributed by atoms with Crippen LogP contribution in [0.25, 0.3) is 21.0 Å². The number of imidazole rings is 1. The van der Waals surface area contributed by atoms with Crippen LogP contribution >= 0.6 is 11.3 Å². The molecule has 0 unspecified atom stereocenters. The molecule has 0 radical (unpaired) electrons. The van der Waals surface area contributed by atoms with E-state index in [0.29, 0.717) is 17.2 Å². The summed E-state index contributed by atoms with van der Waals surface area (Å²) in [5, 5.41) is 2.85. The second-order valence-corrected chi connectivity index (χ2v) is 8.51. The van der Waals surface area contributed by atoms with Gasteiger partial charge in [0.15, 0.2) is 5.13 Å². The van der Waals surface area contributed by atoms with Gasteiger partial charge in [0.1, 0.15) is 5.75 Å². The standard InChI is InChI=1S/C25H22N4O2S/c1-31-21-9-10-22-23(16-21)32-25(27-22)29(13-4-12-28-14-11-26-17-28)24(30)20-8-7-18-5-2-3-6-19(18)15-20/h2-3,5-11,14-17H,4,12-13H2,1H3. The first-order valence-electron chi connectivity index (χ1n) is 10.4. The number of hydrogen-bond donors (Lipinski definition) is 0. The Morgan fingerprint density at radius 2 is 1.97 bits per heavy atom. The molecule has 2 aromatic heterocycles. The molecule has 0 aliphatic rings. The van der Waals surface area contributed by atoms with Crippen LogP contribution in [0.4, 0.5) is 5.13 Å². The molecule has 0 spiro atoms. The molecule has 0 atom stereocenters. The Morgan fingerprint density at radius 1 is 1.09 bits per heavy atom. The fourth-order valence-corrected chi connectivity index (χ4v) is 4.75. The minimum atomic E-state index is -0.0487. The highest BCUT2D eigenvalue weighted by atomic mass is 32.1. The Morgan fingerprint density at radius 3 is 2.78 bits per heavy atom. The summed E-state index contributed by atoms with van der Waals surface area (Å²) in [6, 6.07) is 19.7. The normalized spacial score (nSPS) is 11.2. The van der Waals surface area contributed by atoms with Crippen LogP contribution in [0.1, 0.15) is 16.8 Å². The number of hydrogen-bond acceptors (Lipinski definition) is 5. The summed E-state index contributed by atoms with van der Waals surface area (Å²) < 4.78 is 8.35. The zero-order valence-electron chi connectivity index (χ0n) is 17.6. The van der Waals surface area contributed by atoms with Gasteiger partial charge in [0.25, 0.3) is 5.91 Å². The highest BCUT2D eigenvalue weighted by Crippen LogP contribution is 2.32. The zero-order valence-corrected chi connectivity index (χ0v) is 18.5. The maximum absolute atomic E-state index is 13.6. The molecule has 1 amide bonds. The highest BCUT2D eigenvalue weighted by molar-refractivity contribution is 7.22. The molecule has 0 fully saturated rings. The summed E-state index contributed by atoms with van der Waals surface area (Å²) in [6.07, 6.45) is 6.27. The molecular formula is C25H22N4O2S. The van der Waals surface area contributed by atoms with E-state index >= 15 is 0 Å². The minimum Gasteiger partial charge on any atom is -0.497 e. The predicted octanol–water partition coefficient (Wildman–Crippen LogP) is 5.39. The Hall–Kier alpha value is -3.71. The number of fused-ring (bicyclic) bond motifs is 2. The summed E-state index contributed by atoms with van der Waals surface area (Å²) in [4.78, 5) is 24.3. The second kappa shape index (κ2) is 8.80. The van der Waals surface area contributed by atoms with Crippen LogP contribution in [0.2, 0.25) is 0 Å². The number of rotatable bonds is 7. The van der Waals surface area contributed by atoms with Gasteiger partial charge in [0.2, 0.25) is 0 Å². The maximum Gasteiger partial charge on any atom is 0.260 e. The fourth-order valence-electron chi connectivity index (χ4n) is 3.73. The first kappa shape index (κ1) is 20.2. The lowest BCUT2D eigenvalue weighted by atomic mass is 10.1. The summed E-state index contributed by atoms with van der Waals surface area (Å²) in [7, 11) is 1.65. The fraction of sp³-hybridized carbons (Fsp3) is 0.160. The van der Waals surface area contributed by atoms with Gasteiger partial charge in [-0.2, -0.15) is 0 Å². The van der Waals surface area contributed by atoms with E-state index < -0.39 is 0 Å². The summed E-state index contributed by atoms with van der Waals surface area (Å²) in [5.41, 5.74) is 1.51. The van der Waals surface area contributed by atoms with E-state index in [9.17, 15) is 4.79 Å². The van der Waals surface area contributed by atoms with Gasteiger partial charge in [0.05, 0.1) is 23.7 Å². The Kier molecular flexibility index (Phi) is 5.56. The van der Waals surface area contributed by atoms with Crippen molar-refractivity contribution < 1.29 is 9.53 Å². The SMILES string of the molecule is COc1ccc2nc(N(CCCn3ccnc3)C(=O)c3ccc4ccccc4c3)sc2c1. The minimum absolute atomic E-state index is 0.0487. The summed E-state index contributed by atoms with van der Waals surface area (Å²) in [6.45, 7) is 1.33. The second-order valence-electron chi connectivity index (χ2n) is 7.50. The third-order valence-electron chi connectivity index (χ3n) is 5.41. The molecular weight excluding hydrogens is 420 g/mol. The lowest BCUT2D eigenvalue weighted by Crippen LogP contribution is -2.32. The number of ether oxygens (including phenoxy) is 1. The number of aryl methyl sites for hydroxylation is 1. The molecule has 5 rings (SSSR count). The zero-order chi connectivity index (χ0) is 21.9. The number of carbonyl (C=O) groups excluding carboxylic acids is 1. The molecule has 0 N–H and O–H groups in total. The van der Waals surface area contributed by atoms with Gasteiger partial charge in [-0.3, -0.25) is 9.69 Å². The van der Waals surface area contributed by atoms with Crippen molar-refractivity contribution in [2.45, 2.75) is 13.0 Å². The molecule has 5 aromatic rings. The van der Waals surface area contributed by atoms with Crippen molar-refractivity contribution in [1.29, 1.82) is 0 Å². The number of nitrogens with zero attached hydrogens (tertiary/aromatic N) is 4. The van der Waals surface area contributed by atoms with Gasteiger partial charge in [0, 0.05) is 31.0 Å². The average molecular weight is 443 g/mol. The first-order chi connectivity index (χ1) is 15.7. The third-order valence-corrected chi connectivity index (χ3v) is 6.46. The smallest absolute Gasteiger partial charge is 0.260 e. The molecule has 0 saturated heterocycles. The summed E-state index contributed by atoms with van der Waals surface area (Å²) in [5.74, 6) is 0.729. The predicted molar refractivity (Wildman–Crippen MR) is 129 cm³/mol. The van der Waals surface area contributed by atoms with Gasteiger partial charge in [-0.25, -0.2) is 9.97 Å². The van der Waals surface area contributed by atoms with Gasteiger partial charge < -0.3 is 9.30 Å². The van der Waals surface area contributed by atoms with E-state index in [1.54, 1.807) is 24.5 Å². The number of methoxy groups -OCH3 is 1. The number of thiazole rings is 1. The molecule has 0 bridgehead atoms. The number of amides is 1. The average Bonchev–Trinajstić information content (AvgIpc) is 3.50. The molecule has 3 aromatic carbocycles. The number of benzene rings is 3. The van der Waals surface area contributed by atoms with Crippen molar-refractivity contribution >= 4 is 43.4 Å². The first-order valence-corrected chi connectivity index (χ1v) is 11.2. The van der Waals surface area contributed by atoms with Crippen LogP contribution < -0.4 is 9.64 Å². The lowest BCUT2D eigenvalue weighted by Gasteiger charge is -2.20. The van der Waals surface area contributed by atoms with Gasteiger partial charge in [-0.1, -0.05) is 41.7 Å². The van der Waals surface area contributed by atoms with Crippen LogP contribution in [0.3, 0.4) is 0 Å². The Bertz CT molecular complexity index is 1380. The molecule has 0 aliphatic carbocycles. The van der Waals surface area contributed by atoms with E-state index in [2.05, 4.69) is 4.98 Å². The van der Waals surface area contributed by atoms with Crippen LogP contribution in [-0.4, -0.2) is 34.1 Å². The van der Waals surface area contributed by atoms with E-state index in [4.69, 9.17) is 9.72 Å². The largest absolute Gasteiger partial charge is 0.497 e. The van der Waals surface area contributed by atoms with Gasteiger partial charge in [-0.05, 0) is 47.5 Å². The maximum atomic E-state index is 13.6. The number of aromatic nitrogens is 3. The van der Waals surface area contributed by atoms with Crippen molar-refractivity contribution in [2.75, 3.05) is 18.6 Å². The topological polar surface area (TPSA) is 60.2 Å². The molecule has 7 heteroatoms. The van der Waals surface area contributed by atoms with Crippen LogP contribution in [0.15, 0.2) is 79.4 Å². The van der Waals surface area contributed by atoms with Gasteiger partial charge in [-0.15, -0.1) is 0 Å². The van der Waals surface area contributed by atoms with E-state index in [0.717, 1.165) is 39.7 Å². The van der Waals surface area contributed by atoms with Crippen molar-refractivity contribution in [3.63, 3.8) is 0 Å². The molecule has 160 valence electrons. The molecule has 2 heterocycles.